The van der Waals surface area contributed by atoms with Gasteiger partial charge in [-0.05, 0) is 50.1 Å². The second kappa shape index (κ2) is 10.3. The Morgan fingerprint density at radius 2 is 1.52 bits per heavy atom. The lowest BCUT2D eigenvalue weighted by Crippen LogP contribution is -2.46. The molecule has 0 aliphatic carbocycles. The maximum absolute atomic E-state index is 5.87. The van der Waals surface area contributed by atoms with Crippen LogP contribution >= 0.6 is 12.4 Å². The van der Waals surface area contributed by atoms with Gasteiger partial charge in [0.05, 0.1) is 6.61 Å². The van der Waals surface area contributed by atoms with Crippen LogP contribution in [0.1, 0.15) is 18.4 Å². The summed E-state index contributed by atoms with van der Waals surface area (Å²) >= 11 is 0. The third-order valence-electron chi connectivity index (χ3n) is 4.71. The molecule has 2 aromatic carbocycles. The van der Waals surface area contributed by atoms with E-state index in [9.17, 15) is 0 Å². The minimum atomic E-state index is 0. The van der Waals surface area contributed by atoms with Crippen LogP contribution in [0.2, 0.25) is 0 Å². The SMILES string of the molecule is Cc1ccccc1OCCCCN1CCN(c2ccccc2)CC1.Cl. The molecule has 0 atom stereocenters. The lowest BCUT2D eigenvalue weighted by molar-refractivity contribution is 0.238. The molecule has 0 spiro atoms. The van der Waals surface area contributed by atoms with E-state index in [2.05, 4.69) is 65.3 Å². The smallest absolute Gasteiger partial charge is 0.122 e. The summed E-state index contributed by atoms with van der Waals surface area (Å²) in [7, 11) is 0. The van der Waals surface area contributed by atoms with Crippen molar-refractivity contribution in [3.63, 3.8) is 0 Å². The van der Waals surface area contributed by atoms with Crippen LogP contribution in [0.25, 0.3) is 0 Å². The number of halogens is 1. The summed E-state index contributed by atoms with van der Waals surface area (Å²) < 4.78 is 5.87. The van der Waals surface area contributed by atoms with E-state index < -0.39 is 0 Å². The van der Waals surface area contributed by atoms with Gasteiger partial charge in [0.1, 0.15) is 5.75 Å². The number of aryl methyl sites for hydroxylation is 1. The molecule has 3 rings (SSSR count). The Balaban J connectivity index is 0.00000225. The predicted octanol–water partition coefficient (Wildman–Crippen LogP) is 4.40. The van der Waals surface area contributed by atoms with Crippen LogP contribution in [0.3, 0.4) is 0 Å². The Kier molecular flexibility index (Phi) is 8.10. The Morgan fingerprint density at radius 1 is 0.840 bits per heavy atom. The van der Waals surface area contributed by atoms with Crippen molar-refractivity contribution in [1.29, 1.82) is 0 Å². The largest absolute Gasteiger partial charge is 0.493 e. The van der Waals surface area contributed by atoms with Crippen molar-refractivity contribution in [3.8, 4) is 5.75 Å². The highest BCUT2D eigenvalue weighted by atomic mass is 35.5. The van der Waals surface area contributed by atoms with Crippen LogP contribution in [0.15, 0.2) is 54.6 Å². The van der Waals surface area contributed by atoms with Gasteiger partial charge in [-0.25, -0.2) is 0 Å². The fourth-order valence-electron chi connectivity index (χ4n) is 3.21. The maximum atomic E-state index is 5.87. The molecule has 1 aliphatic rings. The molecule has 0 amide bonds. The van der Waals surface area contributed by atoms with Gasteiger partial charge in [-0.3, -0.25) is 4.90 Å². The highest BCUT2D eigenvalue weighted by Gasteiger charge is 2.16. The zero-order valence-corrected chi connectivity index (χ0v) is 15.9. The number of piperazine rings is 1. The van der Waals surface area contributed by atoms with Gasteiger partial charge in [0.15, 0.2) is 0 Å². The number of unbranched alkanes of at least 4 members (excludes halogenated alkanes) is 1. The van der Waals surface area contributed by atoms with Crippen LogP contribution in [0, 0.1) is 6.92 Å². The zero-order chi connectivity index (χ0) is 16.6. The van der Waals surface area contributed by atoms with Crippen LogP contribution < -0.4 is 9.64 Å². The zero-order valence-electron chi connectivity index (χ0n) is 15.1. The highest BCUT2D eigenvalue weighted by Crippen LogP contribution is 2.17. The number of hydrogen-bond donors (Lipinski definition) is 0. The normalized spacial score (nSPS) is 14.8. The first-order valence-corrected chi connectivity index (χ1v) is 9.04. The van der Waals surface area contributed by atoms with E-state index in [1.54, 1.807) is 0 Å². The number of hydrogen-bond acceptors (Lipinski definition) is 3. The molecule has 1 aliphatic heterocycles. The average Bonchev–Trinajstić information content (AvgIpc) is 2.64. The van der Waals surface area contributed by atoms with Gasteiger partial charge < -0.3 is 9.64 Å². The summed E-state index contributed by atoms with van der Waals surface area (Å²) in [6, 6.07) is 19.0. The van der Waals surface area contributed by atoms with E-state index in [1.807, 2.05) is 6.07 Å². The van der Waals surface area contributed by atoms with Gasteiger partial charge >= 0.3 is 0 Å². The molecule has 0 N–H and O–H groups in total. The number of rotatable bonds is 7. The summed E-state index contributed by atoms with van der Waals surface area (Å²) in [6.07, 6.45) is 2.32. The number of para-hydroxylation sites is 2. The molecule has 0 radical (unpaired) electrons. The summed E-state index contributed by atoms with van der Waals surface area (Å²) in [5.41, 5.74) is 2.57. The quantitative estimate of drug-likeness (QED) is 0.681. The first-order chi connectivity index (χ1) is 11.8. The van der Waals surface area contributed by atoms with E-state index in [0.717, 1.165) is 45.0 Å². The van der Waals surface area contributed by atoms with Gasteiger partial charge in [-0.15, -0.1) is 12.4 Å². The summed E-state index contributed by atoms with van der Waals surface area (Å²) in [6.45, 7) is 8.67. The number of nitrogens with zero attached hydrogens (tertiary/aromatic N) is 2. The van der Waals surface area contributed by atoms with Gasteiger partial charge in [0, 0.05) is 31.9 Å². The molecule has 1 heterocycles. The molecule has 1 saturated heterocycles. The van der Waals surface area contributed by atoms with E-state index >= 15 is 0 Å². The van der Waals surface area contributed by atoms with Crippen LogP contribution in [0.4, 0.5) is 5.69 Å². The van der Waals surface area contributed by atoms with Gasteiger partial charge in [0.2, 0.25) is 0 Å². The van der Waals surface area contributed by atoms with Gasteiger partial charge in [0.25, 0.3) is 0 Å². The maximum Gasteiger partial charge on any atom is 0.122 e. The molecule has 0 aromatic heterocycles. The van der Waals surface area contributed by atoms with Crippen LogP contribution in [0.5, 0.6) is 5.75 Å². The van der Waals surface area contributed by atoms with Gasteiger partial charge in [-0.2, -0.15) is 0 Å². The lowest BCUT2D eigenvalue weighted by Gasteiger charge is -2.36. The summed E-state index contributed by atoms with van der Waals surface area (Å²) in [4.78, 5) is 5.06. The Hall–Kier alpha value is -1.71. The lowest BCUT2D eigenvalue weighted by atomic mass is 10.2. The molecule has 2 aromatic rings. The number of ether oxygens (including phenoxy) is 1. The number of benzene rings is 2. The fourth-order valence-corrected chi connectivity index (χ4v) is 3.21. The van der Waals surface area contributed by atoms with Crippen molar-refractivity contribution in [2.45, 2.75) is 19.8 Å². The predicted molar refractivity (Wildman–Crippen MR) is 108 cm³/mol. The molecule has 25 heavy (non-hydrogen) atoms. The summed E-state index contributed by atoms with van der Waals surface area (Å²) in [5, 5.41) is 0. The van der Waals surface area contributed by atoms with Crippen molar-refractivity contribution < 1.29 is 4.74 Å². The van der Waals surface area contributed by atoms with Gasteiger partial charge in [-0.1, -0.05) is 36.4 Å². The minimum Gasteiger partial charge on any atom is -0.493 e. The van der Waals surface area contributed by atoms with E-state index in [1.165, 1.54) is 24.2 Å². The standard InChI is InChI=1S/C21H28N2O.ClH/c1-19-9-5-6-12-21(19)24-18-8-7-13-22-14-16-23(17-15-22)20-10-3-2-4-11-20;/h2-6,9-12H,7-8,13-18H2,1H3;1H. The second-order valence-electron chi connectivity index (χ2n) is 6.49. The third-order valence-corrected chi connectivity index (χ3v) is 4.71. The second-order valence-corrected chi connectivity index (χ2v) is 6.49. The molecule has 0 bridgehead atoms. The van der Waals surface area contributed by atoms with Crippen LogP contribution in [-0.2, 0) is 0 Å². The van der Waals surface area contributed by atoms with Crippen molar-refractivity contribution in [2.24, 2.45) is 0 Å². The monoisotopic (exact) mass is 360 g/mol. The van der Waals surface area contributed by atoms with Crippen molar-refractivity contribution in [2.75, 3.05) is 44.2 Å². The molecule has 1 fully saturated rings. The van der Waals surface area contributed by atoms with Crippen LogP contribution in [-0.4, -0.2) is 44.2 Å². The van der Waals surface area contributed by atoms with Crippen molar-refractivity contribution in [3.05, 3.63) is 60.2 Å². The average molecular weight is 361 g/mol. The Morgan fingerprint density at radius 3 is 2.24 bits per heavy atom. The molecular formula is C21H29ClN2O. The highest BCUT2D eigenvalue weighted by molar-refractivity contribution is 5.85. The molecule has 3 nitrogen and oxygen atoms in total. The van der Waals surface area contributed by atoms with E-state index in [-0.39, 0.29) is 12.4 Å². The van der Waals surface area contributed by atoms with Crippen molar-refractivity contribution >= 4 is 18.1 Å². The Labute approximate surface area is 158 Å². The number of anilines is 1. The topological polar surface area (TPSA) is 15.7 Å². The molecular weight excluding hydrogens is 332 g/mol. The first-order valence-electron chi connectivity index (χ1n) is 9.04. The minimum absolute atomic E-state index is 0. The first kappa shape index (κ1) is 19.6. The van der Waals surface area contributed by atoms with E-state index in [0.29, 0.717) is 0 Å². The van der Waals surface area contributed by atoms with Crippen molar-refractivity contribution in [1.82, 2.24) is 4.90 Å². The Bertz CT molecular complexity index is 612. The molecule has 136 valence electrons. The molecule has 0 saturated carbocycles. The molecule has 0 unspecified atom stereocenters. The van der Waals surface area contributed by atoms with E-state index in [4.69, 9.17) is 4.74 Å². The summed E-state index contributed by atoms with van der Waals surface area (Å²) in [5.74, 6) is 1.02. The molecule has 4 heteroatoms. The third kappa shape index (κ3) is 5.94. The fraction of sp³-hybridized carbons (Fsp3) is 0.429.